The van der Waals surface area contributed by atoms with E-state index >= 15 is 0 Å². The van der Waals surface area contributed by atoms with E-state index in [1.165, 1.54) is 32.4 Å². The van der Waals surface area contributed by atoms with Crippen molar-refractivity contribution >= 4 is 17.3 Å². The number of nitrogens with zero attached hydrogens (tertiary/aromatic N) is 2. The molecule has 3 rings (SSSR count). The van der Waals surface area contributed by atoms with E-state index in [-0.39, 0.29) is 0 Å². The molecular formula is C16H23ClN2O. The van der Waals surface area contributed by atoms with E-state index < -0.39 is 6.10 Å². The number of fused-ring (bicyclic) bond motifs is 1. The lowest BCUT2D eigenvalue weighted by Gasteiger charge is -2.28. The molecule has 0 radical (unpaired) electrons. The topological polar surface area (TPSA) is 26.7 Å². The van der Waals surface area contributed by atoms with Crippen molar-refractivity contribution in [3.8, 4) is 0 Å². The average molecular weight is 295 g/mol. The second kappa shape index (κ2) is 5.92. The molecule has 1 aromatic rings. The van der Waals surface area contributed by atoms with Crippen molar-refractivity contribution in [2.24, 2.45) is 0 Å². The number of halogens is 1. The monoisotopic (exact) mass is 294 g/mol. The van der Waals surface area contributed by atoms with Gasteiger partial charge in [0.25, 0.3) is 0 Å². The summed E-state index contributed by atoms with van der Waals surface area (Å²) in [6, 6.07) is 6.64. The van der Waals surface area contributed by atoms with Gasteiger partial charge in [-0.25, -0.2) is 0 Å². The molecule has 0 amide bonds. The largest absolute Gasteiger partial charge is 0.389 e. The van der Waals surface area contributed by atoms with Gasteiger partial charge in [-0.15, -0.1) is 0 Å². The van der Waals surface area contributed by atoms with Crippen LogP contribution >= 0.6 is 11.6 Å². The van der Waals surface area contributed by atoms with Gasteiger partial charge in [0.05, 0.1) is 16.8 Å². The summed E-state index contributed by atoms with van der Waals surface area (Å²) in [7, 11) is 0. The van der Waals surface area contributed by atoms with E-state index in [9.17, 15) is 5.11 Å². The zero-order valence-electron chi connectivity index (χ0n) is 12.1. The summed E-state index contributed by atoms with van der Waals surface area (Å²) >= 11 is 6.44. The van der Waals surface area contributed by atoms with Crippen LogP contribution in [0.4, 0.5) is 5.69 Å². The minimum absolute atomic E-state index is 0.462. The third-order valence-corrected chi connectivity index (χ3v) is 4.90. The molecule has 0 spiro atoms. The summed E-state index contributed by atoms with van der Waals surface area (Å²) in [4.78, 5) is 5.04. The van der Waals surface area contributed by atoms with Gasteiger partial charge in [-0.05, 0) is 50.4 Å². The molecule has 20 heavy (non-hydrogen) atoms. The summed E-state index contributed by atoms with van der Waals surface area (Å²) in [6.45, 7) is 6.39. The fourth-order valence-corrected chi connectivity index (χ4v) is 3.77. The Morgan fingerprint density at radius 1 is 1.25 bits per heavy atom. The third-order valence-electron chi connectivity index (χ3n) is 4.60. The Kier molecular flexibility index (Phi) is 4.20. The standard InChI is InChI=1S/C16H23ClN2O/c1-12(20)13-5-6-16(15(17)10-13)19-9-3-8-18-7-2-4-14(18)11-19/h5-6,10,12,14,20H,2-4,7-9,11H2,1H3/t12-,14?/m1/s1. The molecule has 0 aromatic heterocycles. The maximum atomic E-state index is 9.64. The van der Waals surface area contributed by atoms with E-state index in [2.05, 4.69) is 15.9 Å². The Hall–Kier alpha value is -0.770. The van der Waals surface area contributed by atoms with Gasteiger partial charge in [0.1, 0.15) is 0 Å². The minimum Gasteiger partial charge on any atom is -0.389 e. The number of hydrogen-bond donors (Lipinski definition) is 1. The molecule has 0 aliphatic carbocycles. The van der Waals surface area contributed by atoms with Gasteiger partial charge in [-0.1, -0.05) is 17.7 Å². The quantitative estimate of drug-likeness (QED) is 0.908. The Bertz CT molecular complexity index is 478. The first-order chi connectivity index (χ1) is 9.65. The zero-order valence-corrected chi connectivity index (χ0v) is 12.8. The molecule has 1 aromatic carbocycles. The first kappa shape index (κ1) is 14.2. The Morgan fingerprint density at radius 2 is 2.05 bits per heavy atom. The molecule has 3 nitrogen and oxygen atoms in total. The molecule has 2 saturated heterocycles. The molecule has 0 saturated carbocycles. The van der Waals surface area contributed by atoms with Crippen LogP contribution in [-0.4, -0.2) is 42.2 Å². The highest BCUT2D eigenvalue weighted by molar-refractivity contribution is 6.33. The number of hydrogen-bond acceptors (Lipinski definition) is 3. The first-order valence-electron chi connectivity index (χ1n) is 7.61. The first-order valence-corrected chi connectivity index (χ1v) is 7.99. The number of benzene rings is 1. The van der Waals surface area contributed by atoms with E-state index in [0.29, 0.717) is 6.04 Å². The van der Waals surface area contributed by atoms with Crippen LogP contribution in [0.1, 0.15) is 37.9 Å². The van der Waals surface area contributed by atoms with Gasteiger partial charge in [0.15, 0.2) is 0 Å². The molecule has 2 fully saturated rings. The van der Waals surface area contributed by atoms with Gasteiger partial charge < -0.3 is 10.0 Å². The van der Waals surface area contributed by atoms with Crippen molar-refractivity contribution in [3.05, 3.63) is 28.8 Å². The molecule has 2 atom stereocenters. The molecule has 0 bridgehead atoms. The fourth-order valence-electron chi connectivity index (χ4n) is 3.46. The van der Waals surface area contributed by atoms with E-state index in [1.54, 1.807) is 6.92 Å². The highest BCUT2D eigenvalue weighted by Gasteiger charge is 2.29. The predicted molar refractivity (Wildman–Crippen MR) is 83.5 cm³/mol. The lowest BCUT2D eigenvalue weighted by Crippen LogP contribution is -2.36. The summed E-state index contributed by atoms with van der Waals surface area (Å²) in [5.74, 6) is 0. The summed E-state index contributed by atoms with van der Waals surface area (Å²) in [5.41, 5.74) is 2.00. The Labute approximate surface area is 126 Å². The molecular weight excluding hydrogens is 272 g/mol. The number of aliphatic hydroxyl groups is 1. The second-order valence-electron chi connectivity index (χ2n) is 6.02. The number of anilines is 1. The van der Waals surface area contributed by atoms with Crippen LogP contribution in [-0.2, 0) is 0 Å². The van der Waals surface area contributed by atoms with E-state index in [4.69, 9.17) is 11.6 Å². The average Bonchev–Trinajstić information content (AvgIpc) is 2.76. The highest BCUT2D eigenvalue weighted by atomic mass is 35.5. The van der Waals surface area contributed by atoms with Crippen molar-refractivity contribution < 1.29 is 5.11 Å². The molecule has 2 aliphatic rings. The van der Waals surface area contributed by atoms with Crippen molar-refractivity contribution in [2.75, 3.05) is 31.1 Å². The van der Waals surface area contributed by atoms with E-state index in [1.807, 2.05) is 12.1 Å². The van der Waals surface area contributed by atoms with Gasteiger partial charge in [-0.2, -0.15) is 0 Å². The molecule has 1 N–H and O–H groups in total. The van der Waals surface area contributed by atoms with Crippen molar-refractivity contribution in [1.82, 2.24) is 4.90 Å². The molecule has 110 valence electrons. The van der Waals surface area contributed by atoms with E-state index in [0.717, 1.165) is 29.4 Å². The summed E-state index contributed by atoms with van der Waals surface area (Å²) < 4.78 is 0. The van der Waals surface area contributed by atoms with Gasteiger partial charge >= 0.3 is 0 Å². The fraction of sp³-hybridized carbons (Fsp3) is 0.625. The van der Waals surface area contributed by atoms with Gasteiger partial charge in [0, 0.05) is 25.7 Å². The molecule has 1 unspecified atom stereocenters. The smallest absolute Gasteiger partial charge is 0.0762 e. The number of aliphatic hydroxyl groups excluding tert-OH is 1. The third kappa shape index (κ3) is 2.80. The maximum absolute atomic E-state index is 9.64. The SMILES string of the molecule is C[C@@H](O)c1ccc(N2CCCN3CCCC3C2)c(Cl)c1. The van der Waals surface area contributed by atoms with Crippen LogP contribution in [0.25, 0.3) is 0 Å². The lowest BCUT2D eigenvalue weighted by atomic mass is 10.1. The Balaban J connectivity index is 1.81. The summed E-state index contributed by atoms with van der Waals surface area (Å²) in [6.07, 6.45) is 3.37. The van der Waals surface area contributed by atoms with Gasteiger partial charge in [-0.3, -0.25) is 4.90 Å². The highest BCUT2D eigenvalue weighted by Crippen LogP contribution is 2.32. The van der Waals surface area contributed by atoms with Crippen LogP contribution in [0.15, 0.2) is 18.2 Å². The van der Waals surface area contributed by atoms with Crippen LogP contribution in [0.5, 0.6) is 0 Å². The van der Waals surface area contributed by atoms with Crippen molar-refractivity contribution in [1.29, 1.82) is 0 Å². The van der Waals surface area contributed by atoms with Crippen LogP contribution in [0, 0.1) is 0 Å². The van der Waals surface area contributed by atoms with Crippen LogP contribution in [0.3, 0.4) is 0 Å². The number of rotatable bonds is 2. The molecule has 4 heteroatoms. The minimum atomic E-state index is -0.462. The van der Waals surface area contributed by atoms with Crippen molar-refractivity contribution in [2.45, 2.75) is 38.3 Å². The molecule has 2 aliphatic heterocycles. The zero-order chi connectivity index (χ0) is 14.1. The van der Waals surface area contributed by atoms with Crippen LogP contribution in [0.2, 0.25) is 5.02 Å². The predicted octanol–water partition coefficient (Wildman–Crippen LogP) is 3.07. The normalized spacial score (nSPS) is 25.4. The summed E-state index contributed by atoms with van der Waals surface area (Å²) in [5, 5.41) is 10.4. The lowest BCUT2D eigenvalue weighted by molar-refractivity contribution is 0.199. The Morgan fingerprint density at radius 3 is 2.80 bits per heavy atom. The molecule has 2 heterocycles. The van der Waals surface area contributed by atoms with Gasteiger partial charge in [0.2, 0.25) is 0 Å². The van der Waals surface area contributed by atoms with Crippen LogP contribution < -0.4 is 4.90 Å². The maximum Gasteiger partial charge on any atom is 0.0762 e. The van der Waals surface area contributed by atoms with Crippen molar-refractivity contribution in [3.63, 3.8) is 0 Å². The second-order valence-corrected chi connectivity index (χ2v) is 6.43.